The Kier molecular flexibility index (Phi) is 5.34. The van der Waals surface area contributed by atoms with Crippen molar-refractivity contribution >= 4 is 34.1 Å². The number of carbonyl (C=O) groups is 1. The van der Waals surface area contributed by atoms with Gasteiger partial charge in [0, 0.05) is 11.6 Å². The van der Waals surface area contributed by atoms with Crippen molar-refractivity contribution in [1.82, 2.24) is 10.2 Å². The normalized spacial score (nSPS) is 14.6. The standard InChI is InChI=1S/C27H20F2N2O2/c28-22-4-2-1-3-20(22)26(18-10-11-18)25(17-8-5-16(6-9-17)7-14-24(32)33)19-12-13-23-21(15-19)27(29)31-30-23/h1-9,12-15,18H,10-11H2,(H,30,31)(H,32,33)/b14-7+,26-25+. The molecule has 164 valence electrons. The second kappa shape index (κ2) is 8.47. The Labute approximate surface area is 188 Å². The molecular formula is C27H20F2N2O2. The highest BCUT2D eigenvalue weighted by molar-refractivity contribution is 6.01. The van der Waals surface area contributed by atoms with E-state index in [1.54, 1.807) is 24.3 Å². The molecule has 1 aliphatic rings. The lowest BCUT2D eigenvalue weighted by Crippen LogP contribution is -2.00. The van der Waals surface area contributed by atoms with E-state index >= 15 is 0 Å². The first-order chi connectivity index (χ1) is 16.0. The predicted octanol–water partition coefficient (Wildman–Crippen LogP) is 6.31. The van der Waals surface area contributed by atoms with Gasteiger partial charge in [0.25, 0.3) is 0 Å². The van der Waals surface area contributed by atoms with E-state index in [1.165, 1.54) is 12.1 Å². The first-order valence-corrected chi connectivity index (χ1v) is 10.7. The summed E-state index contributed by atoms with van der Waals surface area (Å²) in [5.74, 6) is -1.70. The molecule has 0 saturated heterocycles. The number of hydrogen-bond acceptors (Lipinski definition) is 2. The summed E-state index contributed by atoms with van der Waals surface area (Å²) in [6, 6.07) is 19.5. The molecule has 1 fully saturated rings. The molecule has 1 aromatic heterocycles. The summed E-state index contributed by atoms with van der Waals surface area (Å²) in [5, 5.41) is 15.6. The van der Waals surface area contributed by atoms with Crippen LogP contribution in [0, 0.1) is 17.7 Å². The number of aliphatic carboxylic acids is 1. The molecule has 1 saturated carbocycles. The van der Waals surface area contributed by atoms with E-state index in [4.69, 9.17) is 5.11 Å². The van der Waals surface area contributed by atoms with Crippen molar-refractivity contribution in [2.24, 2.45) is 5.92 Å². The summed E-state index contributed by atoms with van der Waals surface area (Å²) in [6.45, 7) is 0. The Morgan fingerprint density at radius 1 is 1.00 bits per heavy atom. The summed E-state index contributed by atoms with van der Waals surface area (Å²) in [6.07, 6.45) is 4.50. The van der Waals surface area contributed by atoms with Gasteiger partial charge in [-0.15, -0.1) is 5.10 Å². The van der Waals surface area contributed by atoms with Crippen LogP contribution < -0.4 is 0 Å². The molecule has 1 heterocycles. The predicted molar refractivity (Wildman–Crippen MR) is 124 cm³/mol. The van der Waals surface area contributed by atoms with E-state index < -0.39 is 11.9 Å². The van der Waals surface area contributed by atoms with Gasteiger partial charge in [-0.25, -0.2) is 9.18 Å². The molecule has 6 heteroatoms. The monoisotopic (exact) mass is 442 g/mol. The van der Waals surface area contributed by atoms with Gasteiger partial charge in [-0.05, 0) is 70.9 Å². The minimum absolute atomic E-state index is 0.202. The highest BCUT2D eigenvalue weighted by atomic mass is 19.1. The van der Waals surface area contributed by atoms with Crippen molar-refractivity contribution in [2.75, 3.05) is 0 Å². The van der Waals surface area contributed by atoms with Crippen LogP contribution in [0.1, 0.15) is 35.1 Å². The summed E-state index contributed by atoms with van der Waals surface area (Å²) >= 11 is 0. The zero-order chi connectivity index (χ0) is 22.9. The fraction of sp³-hybridized carbons (Fsp3) is 0.111. The number of H-pyrrole nitrogens is 1. The third-order valence-electron chi connectivity index (χ3n) is 5.84. The molecule has 0 amide bonds. The number of fused-ring (bicyclic) bond motifs is 1. The lowest BCUT2D eigenvalue weighted by atomic mass is 9.86. The Morgan fingerprint density at radius 3 is 2.42 bits per heavy atom. The molecular weight excluding hydrogens is 422 g/mol. The number of carboxylic acids is 1. The molecule has 2 N–H and O–H groups in total. The molecule has 4 nitrogen and oxygen atoms in total. The van der Waals surface area contributed by atoms with Crippen LogP contribution in [0.2, 0.25) is 0 Å². The van der Waals surface area contributed by atoms with Gasteiger partial charge in [-0.1, -0.05) is 48.5 Å². The Hall–Kier alpha value is -4.06. The number of halogens is 2. The minimum Gasteiger partial charge on any atom is -0.478 e. The number of aromatic amines is 1. The number of nitrogens with one attached hydrogen (secondary N) is 1. The van der Waals surface area contributed by atoms with Gasteiger partial charge in [0.2, 0.25) is 5.95 Å². The van der Waals surface area contributed by atoms with Crippen LogP contribution >= 0.6 is 0 Å². The second-order valence-corrected chi connectivity index (χ2v) is 8.11. The van der Waals surface area contributed by atoms with Crippen LogP contribution in [-0.2, 0) is 4.79 Å². The van der Waals surface area contributed by atoms with Crippen LogP contribution in [0.5, 0.6) is 0 Å². The van der Waals surface area contributed by atoms with E-state index in [-0.39, 0.29) is 11.7 Å². The van der Waals surface area contributed by atoms with Crippen molar-refractivity contribution in [1.29, 1.82) is 0 Å². The SMILES string of the molecule is O=C(O)/C=C/c1ccc(/C(=C(\c2ccccc2F)C2CC2)c2ccc3[nH]nc(F)c3c2)cc1. The van der Waals surface area contributed by atoms with Gasteiger partial charge in [-0.2, -0.15) is 4.39 Å². The average Bonchev–Trinajstić information content (AvgIpc) is 3.59. The summed E-state index contributed by atoms with van der Waals surface area (Å²) < 4.78 is 29.2. The fourth-order valence-electron chi connectivity index (χ4n) is 4.15. The van der Waals surface area contributed by atoms with Crippen LogP contribution in [0.3, 0.4) is 0 Å². The number of benzene rings is 3. The molecule has 5 rings (SSSR count). The lowest BCUT2D eigenvalue weighted by molar-refractivity contribution is -0.131. The largest absolute Gasteiger partial charge is 0.478 e. The van der Waals surface area contributed by atoms with Crippen molar-refractivity contribution in [2.45, 2.75) is 12.8 Å². The third-order valence-corrected chi connectivity index (χ3v) is 5.84. The first kappa shape index (κ1) is 20.8. The van der Waals surface area contributed by atoms with Crippen LogP contribution in [0.4, 0.5) is 8.78 Å². The lowest BCUT2D eigenvalue weighted by Gasteiger charge is -2.18. The molecule has 4 aromatic rings. The summed E-state index contributed by atoms with van der Waals surface area (Å²) in [4.78, 5) is 10.8. The van der Waals surface area contributed by atoms with Crippen LogP contribution in [0.25, 0.3) is 28.1 Å². The zero-order valence-corrected chi connectivity index (χ0v) is 17.6. The molecule has 0 radical (unpaired) electrons. The molecule has 3 aromatic carbocycles. The number of rotatable bonds is 6. The smallest absolute Gasteiger partial charge is 0.328 e. The number of allylic oxidation sites excluding steroid dienone is 1. The topological polar surface area (TPSA) is 66.0 Å². The van der Waals surface area contributed by atoms with Gasteiger partial charge < -0.3 is 5.11 Å². The molecule has 0 atom stereocenters. The molecule has 0 bridgehead atoms. The minimum atomic E-state index is -1.02. The fourth-order valence-corrected chi connectivity index (χ4v) is 4.15. The van der Waals surface area contributed by atoms with Crippen LogP contribution in [0.15, 0.2) is 72.8 Å². The Morgan fingerprint density at radius 2 is 1.73 bits per heavy atom. The zero-order valence-electron chi connectivity index (χ0n) is 17.6. The highest BCUT2D eigenvalue weighted by Gasteiger charge is 2.32. The number of hydrogen-bond donors (Lipinski definition) is 2. The molecule has 0 spiro atoms. The molecule has 1 aliphatic carbocycles. The average molecular weight is 442 g/mol. The molecule has 0 unspecified atom stereocenters. The van der Waals surface area contributed by atoms with Gasteiger partial charge in [0.15, 0.2) is 0 Å². The van der Waals surface area contributed by atoms with Crippen molar-refractivity contribution in [3.63, 3.8) is 0 Å². The van der Waals surface area contributed by atoms with Crippen molar-refractivity contribution < 1.29 is 18.7 Å². The second-order valence-electron chi connectivity index (χ2n) is 8.11. The van der Waals surface area contributed by atoms with Crippen molar-refractivity contribution in [3.05, 3.63) is 107 Å². The van der Waals surface area contributed by atoms with Gasteiger partial charge >= 0.3 is 5.97 Å². The Balaban J connectivity index is 1.74. The van der Waals surface area contributed by atoms with Crippen LogP contribution in [-0.4, -0.2) is 21.3 Å². The maximum Gasteiger partial charge on any atom is 0.328 e. The molecule has 0 aliphatic heterocycles. The Bertz CT molecular complexity index is 1410. The summed E-state index contributed by atoms with van der Waals surface area (Å²) in [5.41, 5.74) is 5.19. The van der Waals surface area contributed by atoms with E-state index in [0.29, 0.717) is 16.5 Å². The van der Waals surface area contributed by atoms with Gasteiger partial charge in [-0.3, -0.25) is 5.10 Å². The van der Waals surface area contributed by atoms with Gasteiger partial charge in [0.05, 0.1) is 10.9 Å². The maximum atomic E-state index is 15.0. The van der Waals surface area contributed by atoms with E-state index in [9.17, 15) is 13.6 Å². The summed E-state index contributed by atoms with van der Waals surface area (Å²) in [7, 11) is 0. The van der Waals surface area contributed by atoms with E-state index in [0.717, 1.165) is 46.8 Å². The van der Waals surface area contributed by atoms with Gasteiger partial charge in [0.1, 0.15) is 5.82 Å². The number of carboxylic acid groups (broad SMARTS) is 1. The molecule has 33 heavy (non-hydrogen) atoms. The maximum absolute atomic E-state index is 15.0. The highest BCUT2D eigenvalue weighted by Crippen LogP contribution is 2.48. The number of aromatic nitrogens is 2. The van der Waals surface area contributed by atoms with Crippen molar-refractivity contribution in [3.8, 4) is 0 Å². The third kappa shape index (κ3) is 4.20. The first-order valence-electron chi connectivity index (χ1n) is 10.7. The van der Waals surface area contributed by atoms with E-state index in [2.05, 4.69) is 10.2 Å². The van der Waals surface area contributed by atoms with E-state index in [1.807, 2.05) is 36.4 Å². The quantitative estimate of drug-likeness (QED) is 0.272. The number of nitrogens with zero attached hydrogens (tertiary/aromatic N) is 1.